The summed E-state index contributed by atoms with van der Waals surface area (Å²) in [6.07, 6.45) is 4.14. The van der Waals surface area contributed by atoms with Crippen LogP contribution in [0.1, 0.15) is 97.8 Å². The van der Waals surface area contributed by atoms with Gasteiger partial charge in [0.1, 0.15) is 5.82 Å². The van der Waals surface area contributed by atoms with Crippen molar-refractivity contribution in [3.63, 3.8) is 0 Å². The summed E-state index contributed by atoms with van der Waals surface area (Å²) < 4.78 is 8.77. The van der Waals surface area contributed by atoms with Crippen LogP contribution in [0.25, 0.3) is 38.8 Å². The summed E-state index contributed by atoms with van der Waals surface area (Å²) in [4.78, 5) is 9.28. The van der Waals surface area contributed by atoms with Crippen molar-refractivity contribution in [2.24, 2.45) is 5.41 Å². The van der Waals surface area contributed by atoms with E-state index in [2.05, 4.69) is 200 Å². The first-order valence-corrected chi connectivity index (χ1v) is 20.2. The standard InChI is InChI=1S/C52H53N4O.Pt/c1-34(2)42-18-14-19-43(35(3)4)50(42)36-21-23-38(24-22-36)54-32-48(52(8,9)10)55(33-54)39-15-13-16-40(30-39)57-41-25-26-45-44-17-11-12-20-46(44)56(47(45)31-41)49-29-37(27-28-53-49)51(5,6)7;/h11-29,32-35H,1-10H3;/q-3;. The van der Waals surface area contributed by atoms with E-state index in [-0.39, 0.29) is 31.9 Å². The van der Waals surface area contributed by atoms with Gasteiger partial charge in [-0.3, -0.25) is 0 Å². The van der Waals surface area contributed by atoms with Gasteiger partial charge in [-0.15, -0.1) is 48.1 Å². The number of hydrogen-bond donors (Lipinski definition) is 0. The van der Waals surface area contributed by atoms with Gasteiger partial charge in [-0.1, -0.05) is 123 Å². The second-order valence-corrected chi connectivity index (χ2v) is 17.9. The van der Waals surface area contributed by atoms with Crippen molar-refractivity contribution in [1.29, 1.82) is 0 Å². The fraction of sp³-hybridized carbons (Fsp3) is 0.269. The molecular formula is C52H53N4OPt-3. The molecule has 58 heavy (non-hydrogen) atoms. The molecule has 300 valence electrons. The van der Waals surface area contributed by atoms with Crippen LogP contribution < -0.4 is 14.5 Å². The minimum atomic E-state index is -0.136. The third kappa shape index (κ3) is 7.86. The van der Waals surface area contributed by atoms with Crippen LogP contribution >= 0.6 is 0 Å². The SMILES string of the molecule is CC(C)c1cccc(C(C)C)c1-c1ccc(N2C=C(C(C)(C)C)N(c3[c-]c(Oc4[c-]c5c(cc4)c4ccccc4n5-c4cc(C(C)(C)C)ccn4)ccc3)[CH-]2)cc1.[Pt]. The van der Waals surface area contributed by atoms with Gasteiger partial charge in [-0.05, 0) is 87.0 Å². The summed E-state index contributed by atoms with van der Waals surface area (Å²) in [5.74, 6) is 2.97. The first-order valence-electron chi connectivity index (χ1n) is 20.2. The van der Waals surface area contributed by atoms with Crippen molar-refractivity contribution in [3.8, 4) is 28.4 Å². The van der Waals surface area contributed by atoms with Gasteiger partial charge in [-0.2, -0.15) is 12.1 Å². The predicted molar refractivity (Wildman–Crippen MR) is 238 cm³/mol. The maximum atomic E-state index is 6.57. The molecular weight excluding hydrogens is 892 g/mol. The molecule has 0 aliphatic carbocycles. The molecule has 0 radical (unpaired) electrons. The number of anilines is 2. The van der Waals surface area contributed by atoms with Gasteiger partial charge in [0.25, 0.3) is 0 Å². The Bertz CT molecular complexity index is 2590. The first-order chi connectivity index (χ1) is 27.2. The molecule has 1 aliphatic heterocycles. The molecule has 2 aromatic heterocycles. The normalized spacial score (nSPS) is 13.5. The number of hydrogen-bond acceptors (Lipinski definition) is 4. The van der Waals surface area contributed by atoms with E-state index in [1.165, 1.54) is 27.8 Å². The molecule has 5 nitrogen and oxygen atoms in total. The van der Waals surface area contributed by atoms with Crippen molar-refractivity contribution in [2.45, 2.75) is 86.5 Å². The molecule has 0 N–H and O–H groups in total. The zero-order valence-corrected chi connectivity index (χ0v) is 37.6. The van der Waals surface area contributed by atoms with E-state index in [0.717, 1.165) is 44.7 Å². The van der Waals surface area contributed by atoms with Crippen LogP contribution in [-0.4, -0.2) is 9.55 Å². The van der Waals surface area contributed by atoms with Crippen LogP contribution in [0, 0.1) is 24.2 Å². The molecule has 0 saturated carbocycles. The second-order valence-electron chi connectivity index (χ2n) is 17.9. The predicted octanol–water partition coefficient (Wildman–Crippen LogP) is 14.1. The summed E-state index contributed by atoms with van der Waals surface area (Å²) >= 11 is 0. The smallest absolute Gasteiger partial charge is 0.135 e. The Morgan fingerprint density at radius 1 is 0.672 bits per heavy atom. The number of aromatic nitrogens is 2. The number of allylic oxidation sites excluding steroid dienone is 1. The Morgan fingerprint density at radius 3 is 2.02 bits per heavy atom. The van der Waals surface area contributed by atoms with Gasteiger partial charge in [0.15, 0.2) is 0 Å². The average molecular weight is 945 g/mol. The van der Waals surface area contributed by atoms with Gasteiger partial charge >= 0.3 is 0 Å². The monoisotopic (exact) mass is 944 g/mol. The minimum Gasteiger partial charge on any atom is -0.509 e. The fourth-order valence-corrected chi connectivity index (χ4v) is 7.92. The number of benzene rings is 5. The number of fused-ring (bicyclic) bond motifs is 3. The topological polar surface area (TPSA) is 33.5 Å². The largest absolute Gasteiger partial charge is 0.509 e. The van der Waals surface area contributed by atoms with Crippen molar-refractivity contribution in [2.75, 3.05) is 9.80 Å². The van der Waals surface area contributed by atoms with Gasteiger partial charge in [0.2, 0.25) is 0 Å². The van der Waals surface area contributed by atoms with Crippen molar-refractivity contribution in [1.82, 2.24) is 9.55 Å². The van der Waals surface area contributed by atoms with E-state index in [1.54, 1.807) is 0 Å². The van der Waals surface area contributed by atoms with E-state index >= 15 is 0 Å². The van der Waals surface area contributed by atoms with Gasteiger partial charge < -0.3 is 19.1 Å². The second kappa shape index (κ2) is 15.9. The molecule has 7 aromatic rings. The van der Waals surface area contributed by atoms with E-state index in [9.17, 15) is 0 Å². The Kier molecular flexibility index (Phi) is 11.3. The summed E-state index contributed by atoms with van der Waals surface area (Å²) in [6, 6.07) is 45.9. The third-order valence-electron chi connectivity index (χ3n) is 11.0. The van der Waals surface area contributed by atoms with E-state index in [4.69, 9.17) is 9.72 Å². The molecule has 0 unspecified atom stereocenters. The van der Waals surface area contributed by atoms with Crippen LogP contribution in [0.3, 0.4) is 0 Å². The number of para-hydroxylation sites is 1. The zero-order valence-electron chi connectivity index (χ0n) is 35.3. The van der Waals surface area contributed by atoms with Crippen LogP contribution in [0.5, 0.6) is 11.5 Å². The Labute approximate surface area is 359 Å². The van der Waals surface area contributed by atoms with Crippen molar-refractivity contribution in [3.05, 3.63) is 163 Å². The molecule has 0 atom stereocenters. The van der Waals surface area contributed by atoms with E-state index in [0.29, 0.717) is 23.3 Å². The average Bonchev–Trinajstić information content (AvgIpc) is 3.78. The maximum Gasteiger partial charge on any atom is 0.135 e. The molecule has 8 rings (SSSR count). The quantitative estimate of drug-likeness (QED) is 0.142. The Hall–Kier alpha value is -5.12. The number of nitrogens with zero attached hydrogens (tertiary/aromatic N) is 4. The summed E-state index contributed by atoms with van der Waals surface area (Å²) in [7, 11) is 0. The van der Waals surface area contributed by atoms with Gasteiger partial charge in [0.05, 0.1) is 0 Å². The summed E-state index contributed by atoms with van der Waals surface area (Å²) in [5, 5.41) is 2.25. The van der Waals surface area contributed by atoms with Crippen LogP contribution in [-0.2, 0) is 26.5 Å². The number of rotatable bonds is 8. The first kappa shape index (κ1) is 41.1. The summed E-state index contributed by atoms with van der Waals surface area (Å²) in [5.41, 5.74) is 11.6. The maximum absolute atomic E-state index is 6.57. The molecule has 0 amide bonds. The molecule has 0 spiro atoms. The molecule has 5 aromatic carbocycles. The van der Waals surface area contributed by atoms with Gasteiger partial charge in [0, 0.05) is 61.1 Å². The van der Waals surface area contributed by atoms with Crippen LogP contribution in [0.15, 0.2) is 127 Å². The number of ether oxygens (including phenoxy) is 1. The zero-order chi connectivity index (χ0) is 40.2. The minimum absolute atomic E-state index is 0. The molecule has 6 heteroatoms. The molecule has 3 heterocycles. The van der Waals surface area contributed by atoms with Crippen molar-refractivity contribution < 1.29 is 25.8 Å². The fourth-order valence-electron chi connectivity index (χ4n) is 7.92. The van der Waals surface area contributed by atoms with Crippen molar-refractivity contribution >= 4 is 33.2 Å². The van der Waals surface area contributed by atoms with Crippen LogP contribution in [0.2, 0.25) is 0 Å². The molecule has 0 saturated heterocycles. The third-order valence-corrected chi connectivity index (χ3v) is 11.0. The van der Waals surface area contributed by atoms with E-state index in [1.807, 2.05) is 24.4 Å². The Balaban J connectivity index is 0.00000512. The molecule has 0 fully saturated rings. The molecule has 1 aliphatic rings. The number of pyridine rings is 1. The van der Waals surface area contributed by atoms with E-state index < -0.39 is 0 Å². The van der Waals surface area contributed by atoms with Crippen LogP contribution in [0.4, 0.5) is 11.4 Å². The Morgan fingerprint density at radius 2 is 1.34 bits per heavy atom. The van der Waals surface area contributed by atoms with Gasteiger partial charge in [-0.25, -0.2) is 4.98 Å². The molecule has 0 bridgehead atoms. The summed E-state index contributed by atoms with van der Waals surface area (Å²) in [6.45, 7) is 24.7.